The van der Waals surface area contributed by atoms with Crippen molar-refractivity contribution in [2.45, 2.75) is 155 Å². The molecule has 0 rings (SSSR count). The second-order valence-electron chi connectivity index (χ2n) is 14.1. The van der Waals surface area contributed by atoms with E-state index in [0.717, 1.165) is 96.3 Å². The normalized spacial score (nSPS) is 13.5. The molecule has 0 N–H and O–H groups in total. The van der Waals surface area contributed by atoms with E-state index in [1.165, 1.54) is 0 Å². The molecule has 0 aromatic carbocycles. The maximum atomic E-state index is 12.7. The molecule has 1 unspecified atom stereocenters. The van der Waals surface area contributed by atoms with Gasteiger partial charge in [0.05, 0.1) is 0 Å². The van der Waals surface area contributed by atoms with E-state index in [4.69, 9.17) is 14.2 Å². The zero-order chi connectivity index (χ0) is 43.0. The van der Waals surface area contributed by atoms with Crippen LogP contribution in [0.2, 0.25) is 0 Å². The molecule has 6 heteroatoms. The summed E-state index contributed by atoms with van der Waals surface area (Å²) in [5.74, 6) is -1.05. The smallest absolute Gasteiger partial charge is 0.306 e. The number of carbonyl (C=O) groups is 3. The van der Waals surface area contributed by atoms with Gasteiger partial charge in [0, 0.05) is 19.3 Å². The van der Waals surface area contributed by atoms with E-state index in [1.54, 1.807) is 0 Å². The summed E-state index contributed by atoms with van der Waals surface area (Å²) in [5, 5.41) is 0. The number of carbonyl (C=O) groups excluding carboxylic acids is 3. The van der Waals surface area contributed by atoms with Gasteiger partial charge < -0.3 is 14.2 Å². The molecule has 0 radical (unpaired) electrons. The van der Waals surface area contributed by atoms with Crippen LogP contribution in [-0.4, -0.2) is 37.2 Å². The third kappa shape index (κ3) is 44.2. The lowest BCUT2D eigenvalue weighted by Gasteiger charge is -2.18. The molecule has 0 heterocycles. The predicted octanol–water partition coefficient (Wildman–Crippen LogP) is 14.5. The van der Waals surface area contributed by atoms with Gasteiger partial charge in [-0.2, -0.15) is 0 Å². The van der Waals surface area contributed by atoms with Crippen molar-refractivity contribution in [1.29, 1.82) is 0 Å². The molecule has 0 spiro atoms. The maximum Gasteiger partial charge on any atom is 0.306 e. The topological polar surface area (TPSA) is 78.9 Å². The number of rotatable bonds is 37. The zero-order valence-corrected chi connectivity index (χ0v) is 36.9. The number of allylic oxidation sites excluding steroid dienone is 24. The second-order valence-corrected chi connectivity index (χ2v) is 14.1. The first-order valence-corrected chi connectivity index (χ1v) is 22.5. The van der Waals surface area contributed by atoms with E-state index in [0.29, 0.717) is 19.3 Å². The Morgan fingerprint density at radius 3 is 1.19 bits per heavy atom. The van der Waals surface area contributed by atoms with E-state index in [2.05, 4.69) is 87.6 Å². The summed E-state index contributed by atoms with van der Waals surface area (Å²) in [7, 11) is 0. The molecule has 0 aliphatic heterocycles. The minimum Gasteiger partial charge on any atom is -0.462 e. The lowest BCUT2D eigenvalue weighted by Crippen LogP contribution is -2.30. The molecule has 59 heavy (non-hydrogen) atoms. The third-order valence-corrected chi connectivity index (χ3v) is 8.58. The number of ether oxygens (including phenoxy) is 3. The van der Waals surface area contributed by atoms with E-state index in [-0.39, 0.29) is 44.0 Å². The molecule has 0 bridgehead atoms. The highest BCUT2D eigenvalue weighted by Crippen LogP contribution is 2.11. The molecule has 0 aromatic rings. The fourth-order valence-corrected chi connectivity index (χ4v) is 5.28. The van der Waals surface area contributed by atoms with Gasteiger partial charge in [-0.25, -0.2) is 0 Å². The highest BCUT2D eigenvalue weighted by molar-refractivity contribution is 5.71. The van der Waals surface area contributed by atoms with Gasteiger partial charge in [0.15, 0.2) is 6.10 Å². The summed E-state index contributed by atoms with van der Waals surface area (Å²) in [6, 6.07) is 0. The first kappa shape index (κ1) is 54.3. The van der Waals surface area contributed by atoms with Gasteiger partial charge in [-0.15, -0.1) is 0 Å². The summed E-state index contributed by atoms with van der Waals surface area (Å²) >= 11 is 0. The van der Waals surface area contributed by atoms with Crippen molar-refractivity contribution >= 4 is 17.9 Å². The summed E-state index contributed by atoms with van der Waals surface area (Å²) < 4.78 is 16.6. The van der Waals surface area contributed by atoms with E-state index < -0.39 is 6.10 Å². The molecule has 0 amide bonds. The Hall–Kier alpha value is -4.71. The molecule has 0 saturated carbocycles. The van der Waals surface area contributed by atoms with Gasteiger partial charge >= 0.3 is 17.9 Å². The van der Waals surface area contributed by atoms with Gasteiger partial charge in [0.2, 0.25) is 0 Å². The van der Waals surface area contributed by atoms with Gasteiger partial charge in [-0.1, -0.05) is 192 Å². The minimum atomic E-state index is -0.825. The Bertz CT molecular complexity index is 1390. The number of esters is 3. The van der Waals surface area contributed by atoms with Crippen LogP contribution in [0.3, 0.4) is 0 Å². The van der Waals surface area contributed by atoms with Crippen molar-refractivity contribution in [2.24, 2.45) is 0 Å². The lowest BCUT2D eigenvalue weighted by molar-refractivity contribution is -0.167. The molecule has 0 saturated heterocycles. The van der Waals surface area contributed by atoms with Crippen molar-refractivity contribution in [3.63, 3.8) is 0 Å². The SMILES string of the molecule is CC\C=C/C=C\C=C/C=C\C=C\C=C/C=C\CCCCCC(=O)OCC(COC(=O)CCCC/C=C\C/C=C\CC)OC(=O)CCCCCCC\C=C/C=C\C=C/CC. The van der Waals surface area contributed by atoms with Gasteiger partial charge in [-0.05, 0) is 83.5 Å². The molecule has 0 aromatic heterocycles. The highest BCUT2D eigenvalue weighted by Gasteiger charge is 2.19. The van der Waals surface area contributed by atoms with Crippen molar-refractivity contribution in [3.05, 3.63) is 146 Å². The highest BCUT2D eigenvalue weighted by atomic mass is 16.6. The largest absolute Gasteiger partial charge is 0.462 e. The van der Waals surface area contributed by atoms with Crippen LogP contribution in [0.15, 0.2) is 146 Å². The maximum absolute atomic E-state index is 12.7. The molecule has 0 aliphatic rings. The standard InChI is InChI=1S/C53H78O6/c1-4-7-10-13-16-19-21-23-24-25-26-27-28-30-31-34-37-40-43-46-52(55)58-49-50(48-57-51(54)45-42-39-36-33-18-15-12-9-6-3)59-53(56)47-44-41-38-35-32-29-22-20-17-14-11-8-5-2/h7-14,16-28,30-31,33,50H,4-6,15,29,32,34-49H2,1-3H3/b10-7-,11-8-,12-9-,16-13-,17-14-,21-19-,22-20-,24-23-,26-25+,28-27-,31-30-,33-18-. The lowest BCUT2D eigenvalue weighted by atomic mass is 10.1. The monoisotopic (exact) mass is 811 g/mol. The van der Waals surface area contributed by atoms with Gasteiger partial charge in [0.25, 0.3) is 0 Å². The third-order valence-electron chi connectivity index (χ3n) is 8.58. The Morgan fingerprint density at radius 2 is 0.695 bits per heavy atom. The number of hydrogen-bond acceptors (Lipinski definition) is 6. The number of hydrogen-bond donors (Lipinski definition) is 0. The van der Waals surface area contributed by atoms with Crippen LogP contribution in [0.4, 0.5) is 0 Å². The molecular formula is C53H78O6. The van der Waals surface area contributed by atoms with Crippen LogP contribution in [0, 0.1) is 0 Å². The van der Waals surface area contributed by atoms with Gasteiger partial charge in [-0.3, -0.25) is 14.4 Å². The van der Waals surface area contributed by atoms with Crippen molar-refractivity contribution < 1.29 is 28.6 Å². The van der Waals surface area contributed by atoms with Gasteiger partial charge in [0.1, 0.15) is 13.2 Å². The molecule has 1 atom stereocenters. The van der Waals surface area contributed by atoms with E-state index >= 15 is 0 Å². The van der Waals surface area contributed by atoms with E-state index in [1.807, 2.05) is 79.0 Å². The summed E-state index contributed by atoms with van der Waals surface area (Å²) in [6.07, 6.45) is 65.5. The molecule has 0 fully saturated rings. The molecular weight excluding hydrogens is 733 g/mol. The fourth-order valence-electron chi connectivity index (χ4n) is 5.28. The molecule has 6 nitrogen and oxygen atoms in total. The van der Waals surface area contributed by atoms with Crippen molar-refractivity contribution in [1.82, 2.24) is 0 Å². The van der Waals surface area contributed by atoms with Crippen LogP contribution >= 0.6 is 0 Å². The van der Waals surface area contributed by atoms with Crippen LogP contribution < -0.4 is 0 Å². The zero-order valence-electron chi connectivity index (χ0n) is 36.9. The molecule has 0 aliphatic carbocycles. The quantitative estimate of drug-likeness (QED) is 0.0204. The van der Waals surface area contributed by atoms with Crippen molar-refractivity contribution in [3.8, 4) is 0 Å². The Kier molecular flexibility index (Phi) is 42.3. The Morgan fingerprint density at radius 1 is 0.356 bits per heavy atom. The van der Waals surface area contributed by atoms with Crippen LogP contribution in [-0.2, 0) is 28.6 Å². The predicted molar refractivity (Wildman–Crippen MR) is 251 cm³/mol. The molecule has 326 valence electrons. The first-order valence-electron chi connectivity index (χ1n) is 22.5. The first-order chi connectivity index (χ1) is 29.0. The second kappa shape index (κ2) is 46.0. The van der Waals surface area contributed by atoms with Crippen molar-refractivity contribution in [2.75, 3.05) is 13.2 Å². The minimum absolute atomic E-state index is 0.126. The Balaban J connectivity index is 4.55. The summed E-state index contributed by atoms with van der Waals surface area (Å²) in [4.78, 5) is 37.7. The number of unbranched alkanes of at least 4 members (excludes halogenated alkanes) is 10. The van der Waals surface area contributed by atoms with E-state index in [9.17, 15) is 14.4 Å². The Labute approximate surface area is 359 Å². The van der Waals surface area contributed by atoms with Crippen LogP contribution in [0.5, 0.6) is 0 Å². The fraction of sp³-hybridized carbons (Fsp3) is 0.491. The summed E-state index contributed by atoms with van der Waals surface area (Å²) in [6.45, 7) is 6.09. The summed E-state index contributed by atoms with van der Waals surface area (Å²) in [5.41, 5.74) is 0. The average molecular weight is 811 g/mol. The average Bonchev–Trinajstić information content (AvgIpc) is 3.23. The van der Waals surface area contributed by atoms with Crippen LogP contribution in [0.25, 0.3) is 0 Å². The van der Waals surface area contributed by atoms with Crippen LogP contribution in [0.1, 0.15) is 149 Å².